The van der Waals surface area contributed by atoms with Crippen LogP contribution in [0.3, 0.4) is 0 Å². The lowest BCUT2D eigenvalue weighted by atomic mass is 9.96. The van der Waals surface area contributed by atoms with E-state index >= 15 is 0 Å². The number of benzene rings is 1. The van der Waals surface area contributed by atoms with Gasteiger partial charge < -0.3 is 0 Å². The molecule has 29 heavy (non-hydrogen) atoms. The molecular weight excluding hydrogens is 452 g/mol. The number of aryl methyl sites for hydroxylation is 1. The molecule has 0 atom stereocenters. The van der Waals surface area contributed by atoms with Crippen molar-refractivity contribution in [1.82, 2.24) is 3.97 Å². The fourth-order valence-electron chi connectivity index (χ4n) is 3.34. The van der Waals surface area contributed by atoms with Gasteiger partial charge in [0.15, 0.2) is 0 Å². The number of para-hydroxylation sites is 1. The summed E-state index contributed by atoms with van der Waals surface area (Å²) in [6.07, 6.45) is 1.05. The van der Waals surface area contributed by atoms with E-state index in [2.05, 4.69) is 0 Å². The number of aromatic nitrogens is 1. The molecule has 3 rings (SSSR count). The normalized spacial score (nSPS) is 16.8. The maximum absolute atomic E-state index is 14.5. The highest BCUT2D eigenvalue weighted by molar-refractivity contribution is 7.91. The molecule has 2 aromatic rings. The Bertz CT molecular complexity index is 1190. The molecule has 6 nitrogen and oxygen atoms in total. The summed E-state index contributed by atoms with van der Waals surface area (Å²) in [5, 5.41) is -13.2. The molecule has 14 heteroatoms. The Balaban J connectivity index is 2.33. The Kier molecular flexibility index (Phi) is 4.79. The van der Waals surface area contributed by atoms with Crippen LogP contribution in [0.15, 0.2) is 24.3 Å². The SMILES string of the molecule is O=S(=O)(O)C(F)(F)C(F)(F)C(F)(F)S(=O)(=O)n1c2c(c3ccccc31)CCCC2. The average Bonchev–Trinajstić information content (AvgIpc) is 2.95. The van der Waals surface area contributed by atoms with Crippen LogP contribution >= 0.6 is 0 Å². The lowest BCUT2D eigenvalue weighted by molar-refractivity contribution is -0.245. The first-order valence-corrected chi connectivity index (χ1v) is 10.9. The maximum Gasteiger partial charge on any atom is 0.439 e. The Morgan fingerprint density at radius 1 is 0.862 bits per heavy atom. The lowest BCUT2D eigenvalue weighted by Crippen LogP contribution is -2.61. The molecule has 1 aromatic heterocycles. The van der Waals surface area contributed by atoms with Crippen molar-refractivity contribution in [2.75, 3.05) is 0 Å². The van der Waals surface area contributed by atoms with E-state index < -0.39 is 42.1 Å². The predicted molar refractivity (Wildman–Crippen MR) is 89.3 cm³/mol. The molecule has 1 heterocycles. The summed E-state index contributed by atoms with van der Waals surface area (Å²) in [6, 6.07) is 5.10. The monoisotopic (exact) mass is 465 g/mol. The second-order valence-electron chi connectivity index (χ2n) is 6.50. The van der Waals surface area contributed by atoms with E-state index in [0.717, 1.165) is 6.07 Å². The highest BCUT2D eigenvalue weighted by atomic mass is 32.2. The average molecular weight is 465 g/mol. The fraction of sp³-hybridized carbons (Fsp3) is 0.467. The second-order valence-corrected chi connectivity index (χ2v) is 9.79. The number of alkyl halides is 6. The summed E-state index contributed by atoms with van der Waals surface area (Å²) in [4.78, 5) is 0. The van der Waals surface area contributed by atoms with Gasteiger partial charge in [0, 0.05) is 11.1 Å². The summed E-state index contributed by atoms with van der Waals surface area (Å²) < 4.78 is 138. The van der Waals surface area contributed by atoms with E-state index in [-0.39, 0.29) is 27.9 Å². The van der Waals surface area contributed by atoms with Gasteiger partial charge in [0.05, 0.1) is 5.52 Å². The zero-order valence-electron chi connectivity index (χ0n) is 14.2. The van der Waals surface area contributed by atoms with Crippen molar-refractivity contribution in [3.8, 4) is 0 Å². The molecule has 1 aromatic carbocycles. The summed E-state index contributed by atoms with van der Waals surface area (Å²) in [7, 11) is -13.7. The van der Waals surface area contributed by atoms with Crippen LogP contribution < -0.4 is 0 Å². The quantitative estimate of drug-likeness (QED) is 0.540. The number of halogens is 6. The van der Waals surface area contributed by atoms with Gasteiger partial charge in [0.2, 0.25) is 0 Å². The third-order valence-corrected chi connectivity index (χ3v) is 7.46. The van der Waals surface area contributed by atoms with Crippen molar-refractivity contribution in [3.63, 3.8) is 0 Å². The minimum absolute atomic E-state index is 0.0976. The van der Waals surface area contributed by atoms with Crippen molar-refractivity contribution in [1.29, 1.82) is 0 Å². The van der Waals surface area contributed by atoms with Gasteiger partial charge in [-0.05, 0) is 37.3 Å². The van der Waals surface area contributed by atoms with E-state index in [1.165, 1.54) is 18.2 Å². The summed E-state index contributed by atoms with van der Waals surface area (Å²) in [6.45, 7) is 0. The molecular formula is C15H13F6NO5S2. The molecule has 0 fully saturated rings. The predicted octanol–water partition coefficient (Wildman–Crippen LogP) is 3.41. The van der Waals surface area contributed by atoms with Crippen molar-refractivity contribution >= 4 is 31.0 Å². The first-order valence-electron chi connectivity index (χ1n) is 8.06. The Labute approximate surface area is 160 Å². The van der Waals surface area contributed by atoms with E-state index in [9.17, 15) is 43.2 Å². The van der Waals surface area contributed by atoms with Gasteiger partial charge in [-0.1, -0.05) is 18.2 Å². The van der Waals surface area contributed by atoms with Gasteiger partial charge in [-0.3, -0.25) is 4.55 Å². The molecule has 0 amide bonds. The van der Waals surface area contributed by atoms with Crippen LogP contribution in [0.25, 0.3) is 10.9 Å². The number of nitrogens with zero attached hydrogens (tertiary/aromatic N) is 1. The zero-order chi connectivity index (χ0) is 22.0. The number of hydrogen-bond donors (Lipinski definition) is 1. The zero-order valence-corrected chi connectivity index (χ0v) is 15.9. The van der Waals surface area contributed by atoms with Crippen LogP contribution in [0.1, 0.15) is 24.1 Å². The highest BCUT2D eigenvalue weighted by Crippen LogP contribution is 2.52. The molecule has 0 unspecified atom stereocenters. The van der Waals surface area contributed by atoms with Crippen LogP contribution in [0.5, 0.6) is 0 Å². The molecule has 0 bridgehead atoms. The third-order valence-electron chi connectivity index (χ3n) is 4.75. The van der Waals surface area contributed by atoms with Gasteiger partial charge in [0.25, 0.3) is 0 Å². The van der Waals surface area contributed by atoms with E-state index in [4.69, 9.17) is 4.55 Å². The molecule has 0 aliphatic heterocycles. The highest BCUT2D eigenvalue weighted by Gasteiger charge is 2.82. The van der Waals surface area contributed by atoms with Crippen LogP contribution in [0.4, 0.5) is 26.3 Å². The minimum atomic E-state index is -7.07. The number of fused-ring (bicyclic) bond motifs is 3. The molecule has 1 aliphatic rings. The molecule has 0 spiro atoms. The topological polar surface area (TPSA) is 93.4 Å². The standard InChI is InChI=1S/C15H13F6NO5S2/c16-13(17,15(20,21)29(25,26)27)14(18,19)28(23,24)22-11-7-3-1-5-9(11)10-6-2-4-8-12(10)22/h1,3,5,7H,2,4,6,8H2,(H,25,26,27). The van der Waals surface area contributed by atoms with E-state index in [0.29, 0.717) is 18.4 Å². The molecule has 162 valence electrons. The van der Waals surface area contributed by atoms with Crippen molar-refractivity contribution in [2.24, 2.45) is 0 Å². The number of rotatable bonds is 5. The van der Waals surface area contributed by atoms with Gasteiger partial charge in [-0.25, -0.2) is 3.97 Å². The van der Waals surface area contributed by atoms with Crippen LogP contribution in [-0.4, -0.2) is 41.8 Å². The maximum atomic E-state index is 14.5. The van der Waals surface area contributed by atoms with Crippen LogP contribution in [0.2, 0.25) is 0 Å². The summed E-state index contributed by atoms with van der Waals surface area (Å²) in [5.41, 5.74) is -0.385. The van der Waals surface area contributed by atoms with Crippen LogP contribution in [-0.2, 0) is 33.0 Å². The molecule has 0 radical (unpaired) electrons. The van der Waals surface area contributed by atoms with E-state index in [1.807, 2.05) is 0 Å². The molecule has 1 aliphatic carbocycles. The second kappa shape index (κ2) is 6.35. The van der Waals surface area contributed by atoms with Crippen molar-refractivity contribution in [3.05, 3.63) is 35.5 Å². The van der Waals surface area contributed by atoms with Crippen LogP contribution in [0, 0.1) is 0 Å². The largest absolute Gasteiger partial charge is 0.439 e. The summed E-state index contributed by atoms with van der Waals surface area (Å²) >= 11 is 0. The third kappa shape index (κ3) is 2.79. The fourth-order valence-corrected chi connectivity index (χ4v) is 5.45. The molecule has 0 saturated carbocycles. The molecule has 0 saturated heterocycles. The molecule has 1 N–H and O–H groups in total. The van der Waals surface area contributed by atoms with E-state index in [1.54, 1.807) is 0 Å². The van der Waals surface area contributed by atoms with Crippen molar-refractivity contribution in [2.45, 2.75) is 42.1 Å². The first kappa shape index (κ1) is 21.9. The Hall–Kier alpha value is -1.80. The minimum Gasteiger partial charge on any atom is -0.281 e. The smallest absolute Gasteiger partial charge is 0.281 e. The van der Waals surface area contributed by atoms with Gasteiger partial charge in [-0.2, -0.15) is 43.2 Å². The van der Waals surface area contributed by atoms with Gasteiger partial charge in [0.1, 0.15) is 0 Å². The van der Waals surface area contributed by atoms with Crippen molar-refractivity contribution < 1.29 is 47.7 Å². The number of hydrogen-bond acceptors (Lipinski definition) is 4. The first-order chi connectivity index (χ1) is 13.1. The lowest BCUT2D eigenvalue weighted by Gasteiger charge is -2.31. The Morgan fingerprint density at radius 2 is 1.41 bits per heavy atom. The van der Waals surface area contributed by atoms with Gasteiger partial charge >= 0.3 is 36.6 Å². The Morgan fingerprint density at radius 3 is 2.00 bits per heavy atom. The summed E-state index contributed by atoms with van der Waals surface area (Å²) in [5.74, 6) is -6.97. The van der Waals surface area contributed by atoms with Gasteiger partial charge in [-0.15, -0.1) is 0 Å².